The first-order valence-electron chi connectivity index (χ1n) is 12.0. The summed E-state index contributed by atoms with van der Waals surface area (Å²) in [4.78, 5) is 23.2. The van der Waals surface area contributed by atoms with Crippen LogP contribution in [-0.2, 0) is 0 Å². The fourth-order valence-electron chi connectivity index (χ4n) is 5.30. The molecule has 0 unspecified atom stereocenters. The van der Waals surface area contributed by atoms with Crippen LogP contribution in [0, 0.1) is 5.82 Å². The van der Waals surface area contributed by atoms with Crippen molar-refractivity contribution in [1.82, 2.24) is 20.2 Å². The number of aromatic amines is 1. The van der Waals surface area contributed by atoms with Gasteiger partial charge in [-0.05, 0) is 51.1 Å². The van der Waals surface area contributed by atoms with Crippen LogP contribution in [0.25, 0.3) is 11.3 Å². The van der Waals surface area contributed by atoms with Crippen LogP contribution in [0.1, 0.15) is 41.2 Å². The lowest BCUT2D eigenvalue weighted by Crippen LogP contribution is -2.31. The first-order chi connectivity index (χ1) is 17.0. The Labute approximate surface area is 202 Å². The number of likely N-dealkylation sites (N-methyl/N-ethyl adjacent to an activating group) is 1. The molecule has 4 heterocycles. The largest absolute Gasteiger partial charge is 0.492 e. The first kappa shape index (κ1) is 21.9. The number of carbonyl (C=O) groups is 1. The molecule has 2 aliphatic heterocycles. The number of hydrogen-bond acceptors (Lipinski definition) is 6. The molecule has 182 valence electrons. The monoisotopic (exact) mass is 477 g/mol. The standard InChI is InChI=1S/C26H28FN5O3/c1-32-10-4-5-14(32)13-35-20-12-28-9-8-15(20)23-24(29-18-7-3-6-17(27)25(18)34-2)21-22(31-23)16-11-19(16)30-26(21)33/h3,6-9,12,14,16,19,29,31H,4-5,10-11,13H2,1-2H3,(H,30,33)/t14-,16-,19+/m0/s1. The predicted octanol–water partition coefficient (Wildman–Crippen LogP) is 4.04. The quantitative estimate of drug-likeness (QED) is 0.476. The maximum Gasteiger partial charge on any atom is 0.255 e. The Morgan fingerprint density at radius 3 is 3.00 bits per heavy atom. The third kappa shape index (κ3) is 3.80. The normalized spacial score (nSPS) is 22.8. The number of para-hydroxylation sites is 1. The number of nitrogens with one attached hydrogen (secondary N) is 3. The van der Waals surface area contributed by atoms with Crippen molar-refractivity contribution in [2.75, 3.05) is 32.6 Å². The molecule has 0 radical (unpaired) electrons. The van der Waals surface area contributed by atoms with Gasteiger partial charge in [0.2, 0.25) is 0 Å². The molecule has 2 fully saturated rings. The highest BCUT2D eigenvalue weighted by molar-refractivity contribution is 6.07. The fourth-order valence-corrected chi connectivity index (χ4v) is 5.30. The smallest absolute Gasteiger partial charge is 0.255 e. The van der Waals surface area contributed by atoms with Gasteiger partial charge in [0, 0.05) is 35.5 Å². The van der Waals surface area contributed by atoms with Crippen molar-refractivity contribution in [3.63, 3.8) is 0 Å². The number of fused-ring (bicyclic) bond motifs is 3. The molecular formula is C26H28FN5O3. The second kappa shape index (κ2) is 8.57. The van der Waals surface area contributed by atoms with E-state index in [0.29, 0.717) is 41.0 Å². The number of methoxy groups -OCH3 is 1. The molecule has 0 bridgehead atoms. The van der Waals surface area contributed by atoms with E-state index in [9.17, 15) is 9.18 Å². The van der Waals surface area contributed by atoms with Gasteiger partial charge in [0.25, 0.3) is 5.91 Å². The molecule has 0 spiro atoms. The van der Waals surface area contributed by atoms with Gasteiger partial charge in [0.1, 0.15) is 12.4 Å². The molecule has 3 aliphatic rings. The van der Waals surface area contributed by atoms with E-state index in [4.69, 9.17) is 9.47 Å². The lowest BCUT2D eigenvalue weighted by atomic mass is 10.0. The van der Waals surface area contributed by atoms with Gasteiger partial charge in [-0.2, -0.15) is 0 Å². The topological polar surface area (TPSA) is 91.5 Å². The summed E-state index contributed by atoms with van der Waals surface area (Å²) in [5.74, 6) is 0.328. The Hall–Kier alpha value is -3.59. The zero-order valence-corrected chi connectivity index (χ0v) is 19.7. The van der Waals surface area contributed by atoms with E-state index in [0.717, 1.165) is 37.1 Å². The highest BCUT2D eigenvalue weighted by Gasteiger charge is 2.48. The number of carbonyl (C=O) groups excluding carboxylic acids is 1. The Kier molecular flexibility index (Phi) is 5.36. The number of likely N-dealkylation sites (tertiary alicyclic amines) is 1. The maximum atomic E-state index is 14.4. The maximum absolute atomic E-state index is 14.4. The molecule has 3 N–H and O–H groups in total. The lowest BCUT2D eigenvalue weighted by molar-refractivity contribution is 0.0944. The van der Waals surface area contributed by atoms with Crippen molar-refractivity contribution in [2.24, 2.45) is 0 Å². The molecule has 6 rings (SSSR count). The average Bonchev–Trinajstić information content (AvgIpc) is 3.35. The van der Waals surface area contributed by atoms with Crippen molar-refractivity contribution in [3.8, 4) is 22.8 Å². The third-order valence-electron chi connectivity index (χ3n) is 7.32. The molecule has 1 aromatic carbocycles. The Morgan fingerprint density at radius 2 is 2.20 bits per heavy atom. The summed E-state index contributed by atoms with van der Waals surface area (Å²) in [6, 6.07) is 7.06. The van der Waals surface area contributed by atoms with Gasteiger partial charge in [-0.25, -0.2) is 4.39 Å². The minimum atomic E-state index is -0.483. The van der Waals surface area contributed by atoms with Crippen molar-refractivity contribution in [3.05, 3.63) is 53.7 Å². The second-order valence-corrected chi connectivity index (χ2v) is 9.49. The highest BCUT2D eigenvalue weighted by atomic mass is 19.1. The molecule has 1 saturated carbocycles. The van der Waals surface area contributed by atoms with Gasteiger partial charge in [0.15, 0.2) is 11.6 Å². The van der Waals surface area contributed by atoms with Crippen molar-refractivity contribution in [1.29, 1.82) is 0 Å². The van der Waals surface area contributed by atoms with E-state index in [1.165, 1.54) is 13.2 Å². The van der Waals surface area contributed by atoms with E-state index in [1.807, 2.05) is 6.07 Å². The number of halogens is 1. The van der Waals surface area contributed by atoms with Crippen LogP contribution < -0.4 is 20.1 Å². The third-order valence-corrected chi connectivity index (χ3v) is 7.32. The van der Waals surface area contributed by atoms with E-state index < -0.39 is 5.82 Å². The van der Waals surface area contributed by atoms with Crippen LogP contribution in [0.15, 0.2) is 36.7 Å². The Bertz CT molecular complexity index is 1290. The average molecular weight is 478 g/mol. The molecule has 1 amide bonds. The molecule has 1 aliphatic carbocycles. The molecule has 3 atom stereocenters. The molecule has 2 aromatic heterocycles. The second-order valence-electron chi connectivity index (χ2n) is 9.49. The van der Waals surface area contributed by atoms with Gasteiger partial charge in [-0.3, -0.25) is 9.78 Å². The van der Waals surface area contributed by atoms with Crippen LogP contribution in [0.4, 0.5) is 15.8 Å². The minimum Gasteiger partial charge on any atom is -0.492 e. The summed E-state index contributed by atoms with van der Waals surface area (Å²) < 4.78 is 26.0. The van der Waals surface area contributed by atoms with Gasteiger partial charge >= 0.3 is 0 Å². The zero-order valence-electron chi connectivity index (χ0n) is 19.7. The van der Waals surface area contributed by atoms with Gasteiger partial charge in [-0.15, -0.1) is 0 Å². The number of rotatable bonds is 7. The van der Waals surface area contributed by atoms with Crippen molar-refractivity contribution < 1.29 is 18.7 Å². The SMILES string of the molecule is COc1c(F)cccc1Nc1c(-c2ccncc2OC[C@@H]2CCCN2C)[nH]c2c1C(=O)N[C@@H]1C[C@H]21. The number of anilines is 2. The van der Waals surface area contributed by atoms with E-state index >= 15 is 0 Å². The summed E-state index contributed by atoms with van der Waals surface area (Å²) in [5, 5.41) is 6.37. The predicted molar refractivity (Wildman–Crippen MR) is 130 cm³/mol. The van der Waals surface area contributed by atoms with Crippen molar-refractivity contribution in [2.45, 2.75) is 37.3 Å². The molecule has 8 nitrogen and oxygen atoms in total. The zero-order chi connectivity index (χ0) is 24.1. The summed E-state index contributed by atoms with van der Waals surface area (Å²) in [6.45, 7) is 1.62. The van der Waals surface area contributed by atoms with Gasteiger partial charge in [0.05, 0.1) is 35.9 Å². The lowest BCUT2D eigenvalue weighted by Gasteiger charge is -2.21. The fraction of sp³-hybridized carbons (Fsp3) is 0.385. The number of amides is 1. The van der Waals surface area contributed by atoms with Crippen molar-refractivity contribution >= 4 is 17.3 Å². The minimum absolute atomic E-state index is 0.0874. The first-order valence-corrected chi connectivity index (χ1v) is 12.0. The number of benzene rings is 1. The van der Waals surface area contributed by atoms with Crippen LogP contribution in [0.5, 0.6) is 11.5 Å². The van der Waals surface area contributed by atoms with Crippen LogP contribution >= 0.6 is 0 Å². The van der Waals surface area contributed by atoms with E-state index in [-0.39, 0.29) is 23.6 Å². The summed E-state index contributed by atoms with van der Waals surface area (Å²) in [5.41, 5.74) is 3.94. The summed E-state index contributed by atoms with van der Waals surface area (Å²) in [7, 11) is 3.54. The highest BCUT2D eigenvalue weighted by Crippen LogP contribution is 2.51. The van der Waals surface area contributed by atoms with Crippen LogP contribution in [0.2, 0.25) is 0 Å². The number of pyridine rings is 1. The number of nitrogens with zero attached hydrogens (tertiary/aromatic N) is 2. The summed E-state index contributed by atoms with van der Waals surface area (Å²) >= 11 is 0. The van der Waals surface area contributed by atoms with E-state index in [2.05, 4.69) is 32.5 Å². The number of H-pyrrole nitrogens is 1. The Balaban J connectivity index is 1.43. The van der Waals surface area contributed by atoms with E-state index in [1.54, 1.807) is 24.5 Å². The summed E-state index contributed by atoms with van der Waals surface area (Å²) in [6.07, 6.45) is 6.56. The van der Waals surface area contributed by atoms with Gasteiger partial charge < -0.3 is 30.0 Å². The van der Waals surface area contributed by atoms with Crippen LogP contribution in [0.3, 0.4) is 0 Å². The van der Waals surface area contributed by atoms with Crippen LogP contribution in [-0.4, -0.2) is 60.2 Å². The number of aromatic nitrogens is 2. The molecule has 3 aromatic rings. The number of hydrogen-bond donors (Lipinski definition) is 3. The molecule has 1 saturated heterocycles. The number of ether oxygens (including phenoxy) is 2. The molecule has 35 heavy (non-hydrogen) atoms. The molecule has 9 heteroatoms. The van der Waals surface area contributed by atoms with Gasteiger partial charge in [-0.1, -0.05) is 6.07 Å². The molecular weight excluding hydrogens is 449 g/mol. The Morgan fingerprint density at radius 1 is 1.31 bits per heavy atom.